The summed E-state index contributed by atoms with van der Waals surface area (Å²) in [5.41, 5.74) is 0. The topological polar surface area (TPSA) is 32.3 Å². The number of rotatable bonds is 4. The number of aliphatic hydroxyl groups excluding tert-OH is 1. The minimum absolute atomic E-state index is 0.285. The van der Waals surface area contributed by atoms with Crippen LogP contribution in [0.5, 0.6) is 0 Å². The molecule has 13 heavy (non-hydrogen) atoms. The summed E-state index contributed by atoms with van der Waals surface area (Å²) in [5.74, 6) is 0. The number of aliphatic hydroxyl groups is 1. The highest BCUT2D eigenvalue weighted by atomic mass is 16.3. The van der Waals surface area contributed by atoms with Crippen LogP contribution in [0.3, 0.4) is 0 Å². The van der Waals surface area contributed by atoms with Crippen LogP contribution in [-0.2, 0) is 0 Å². The van der Waals surface area contributed by atoms with Crippen molar-refractivity contribution < 1.29 is 5.11 Å². The SMILES string of the molecule is CCC(CO)NC1CCCCCC1. The zero-order chi connectivity index (χ0) is 9.52. The first kappa shape index (κ1) is 11.0. The third-order valence-electron chi connectivity index (χ3n) is 3.04. The molecule has 0 saturated heterocycles. The van der Waals surface area contributed by atoms with Crippen LogP contribution in [0.4, 0.5) is 0 Å². The van der Waals surface area contributed by atoms with E-state index in [9.17, 15) is 0 Å². The van der Waals surface area contributed by atoms with Crippen LogP contribution in [0.2, 0.25) is 0 Å². The molecule has 0 aromatic rings. The molecule has 0 aromatic heterocycles. The van der Waals surface area contributed by atoms with Gasteiger partial charge in [0.25, 0.3) is 0 Å². The molecular formula is C11H23NO. The molecule has 0 heterocycles. The van der Waals surface area contributed by atoms with Gasteiger partial charge in [-0.15, -0.1) is 0 Å². The fraction of sp³-hybridized carbons (Fsp3) is 1.00. The van der Waals surface area contributed by atoms with Crippen LogP contribution in [0.15, 0.2) is 0 Å². The highest BCUT2D eigenvalue weighted by Gasteiger charge is 2.14. The average Bonchev–Trinajstić information content (AvgIpc) is 2.42. The van der Waals surface area contributed by atoms with E-state index in [-0.39, 0.29) is 6.61 Å². The minimum Gasteiger partial charge on any atom is -0.395 e. The average molecular weight is 185 g/mol. The van der Waals surface area contributed by atoms with Crippen molar-refractivity contribution in [1.29, 1.82) is 0 Å². The predicted molar refractivity (Wildman–Crippen MR) is 55.8 cm³/mol. The van der Waals surface area contributed by atoms with Gasteiger partial charge in [-0.25, -0.2) is 0 Å². The zero-order valence-corrected chi connectivity index (χ0v) is 8.76. The van der Waals surface area contributed by atoms with E-state index in [4.69, 9.17) is 5.11 Å². The van der Waals surface area contributed by atoms with Gasteiger partial charge in [0.1, 0.15) is 0 Å². The first-order valence-electron chi connectivity index (χ1n) is 5.73. The molecule has 0 radical (unpaired) electrons. The van der Waals surface area contributed by atoms with Gasteiger partial charge in [-0.05, 0) is 19.3 Å². The summed E-state index contributed by atoms with van der Waals surface area (Å²) in [4.78, 5) is 0. The Morgan fingerprint density at radius 3 is 2.31 bits per heavy atom. The Morgan fingerprint density at radius 1 is 1.23 bits per heavy atom. The van der Waals surface area contributed by atoms with Crippen molar-refractivity contribution in [3.63, 3.8) is 0 Å². The quantitative estimate of drug-likeness (QED) is 0.657. The maximum atomic E-state index is 9.06. The summed E-state index contributed by atoms with van der Waals surface area (Å²) in [6, 6.07) is 0.989. The second-order valence-corrected chi connectivity index (χ2v) is 4.14. The summed E-state index contributed by atoms with van der Waals surface area (Å²) in [6.45, 7) is 2.41. The molecule has 0 spiro atoms. The fourth-order valence-electron chi connectivity index (χ4n) is 2.08. The highest BCUT2D eigenvalue weighted by Crippen LogP contribution is 2.17. The lowest BCUT2D eigenvalue weighted by Crippen LogP contribution is -2.39. The summed E-state index contributed by atoms with van der Waals surface area (Å²) in [6.07, 6.45) is 9.15. The standard InChI is InChI=1S/C11H23NO/c1-2-10(9-13)12-11-7-5-3-4-6-8-11/h10-13H,2-9H2,1H3. The van der Waals surface area contributed by atoms with Crippen molar-refractivity contribution in [2.45, 2.75) is 64.0 Å². The molecule has 1 aliphatic rings. The van der Waals surface area contributed by atoms with Crippen LogP contribution in [-0.4, -0.2) is 23.8 Å². The third kappa shape index (κ3) is 4.10. The van der Waals surface area contributed by atoms with Crippen LogP contribution in [0, 0.1) is 0 Å². The zero-order valence-electron chi connectivity index (χ0n) is 8.76. The van der Waals surface area contributed by atoms with Gasteiger partial charge in [0.15, 0.2) is 0 Å². The molecule has 0 bridgehead atoms. The lowest BCUT2D eigenvalue weighted by Gasteiger charge is -2.22. The van der Waals surface area contributed by atoms with Gasteiger partial charge in [0.05, 0.1) is 6.61 Å². The van der Waals surface area contributed by atoms with Crippen LogP contribution in [0.25, 0.3) is 0 Å². The van der Waals surface area contributed by atoms with Crippen molar-refractivity contribution in [1.82, 2.24) is 5.32 Å². The van der Waals surface area contributed by atoms with Crippen LogP contribution >= 0.6 is 0 Å². The second-order valence-electron chi connectivity index (χ2n) is 4.14. The Morgan fingerprint density at radius 2 is 1.85 bits per heavy atom. The highest BCUT2D eigenvalue weighted by molar-refractivity contribution is 4.75. The maximum absolute atomic E-state index is 9.06. The molecule has 2 N–H and O–H groups in total. The van der Waals surface area contributed by atoms with Crippen molar-refractivity contribution in [2.24, 2.45) is 0 Å². The molecule has 1 fully saturated rings. The fourth-order valence-corrected chi connectivity index (χ4v) is 2.08. The van der Waals surface area contributed by atoms with E-state index in [0.29, 0.717) is 12.1 Å². The van der Waals surface area contributed by atoms with Crippen LogP contribution < -0.4 is 5.32 Å². The first-order valence-corrected chi connectivity index (χ1v) is 5.73. The van der Waals surface area contributed by atoms with E-state index in [2.05, 4.69) is 12.2 Å². The van der Waals surface area contributed by atoms with Gasteiger partial charge < -0.3 is 10.4 Å². The molecule has 2 heteroatoms. The van der Waals surface area contributed by atoms with Gasteiger partial charge in [0.2, 0.25) is 0 Å². The Bertz CT molecular complexity index is 115. The molecule has 0 aliphatic heterocycles. The van der Waals surface area contributed by atoms with E-state index < -0.39 is 0 Å². The van der Waals surface area contributed by atoms with Crippen molar-refractivity contribution in [3.05, 3.63) is 0 Å². The van der Waals surface area contributed by atoms with E-state index in [1.165, 1.54) is 38.5 Å². The van der Waals surface area contributed by atoms with Gasteiger partial charge in [-0.1, -0.05) is 32.6 Å². The molecule has 78 valence electrons. The van der Waals surface area contributed by atoms with E-state index in [1.807, 2.05) is 0 Å². The molecular weight excluding hydrogens is 162 g/mol. The molecule has 1 aliphatic carbocycles. The van der Waals surface area contributed by atoms with E-state index in [0.717, 1.165) is 6.42 Å². The molecule has 1 rings (SSSR count). The largest absolute Gasteiger partial charge is 0.395 e. The number of nitrogens with one attached hydrogen (secondary N) is 1. The molecule has 1 saturated carbocycles. The van der Waals surface area contributed by atoms with Crippen molar-refractivity contribution in [3.8, 4) is 0 Å². The Hall–Kier alpha value is -0.0800. The Balaban J connectivity index is 2.24. The van der Waals surface area contributed by atoms with Gasteiger partial charge >= 0.3 is 0 Å². The Labute approximate surface area is 81.7 Å². The van der Waals surface area contributed by atoms with Gasteiger partial charge in [0, 0.05) is 12.1 Å². The minimum atomic E-state index is 0.285. The van der Waals surface area contributed by atoms with Crippen molar-refractivity contribution >= 4 is 0 Å². The van der Waals surface area contributed by atoms with Gasteiger partial charge in [-0.3, -0.25) is 0 Å². The van der Waals surface area contributed by atoms with E-state index in [1.54, 1.807) is 0 Å². The molecule has 1 unspecified atom stereocenters. The molecule has 2 nitrogen and oxygen atoms in total. The molecule has 0 amide bonds. The summed E-state index contributed by atoms with van der Waals surface area (Å²) < 4.78 is 0. The lowest BCUT2D eigenvalue weighted by molar-refractivity contribution is 0.223. The smallest absolute Gasteiger partial charge is 0.0584 e. The lowest BCUT2D eigenvalue weighted by atomic mass is 10.1. The number of hydrogen-bond donors (Lipinski definition) is 2. The summed E-state index contributed by atoms with van der Waals surface area (Å²) in [5, 5.41) is 12.6. The van der Waals surface area contributed by atoms with Crippen molar-refractivity contribution in [2.75, 3.05) is 6.61 Å². The third-order valence-corrected chi connectivity index (χ3v) is 3.04. The second kappa shape index (κ2) is 6.39. The van der Waals surface area contributed by atoms with Gasteiger partial charge in [-0.2, -0.15) is 0 Å². The monoisotopic (exact) mass is 185 g/mol. The predicted octanol–water partition coefficient (Wildman–Crippen LogP) is 2.07. The molecule has 0 aromatic carbocycles. The summed E-state index contributed by atoms with van der Waals surface area (Å²) >= 11 is 0. The van der Waals surface area contributed by atoms with Crippen LogP contribution in [0.1, 0.15) is 51.9 Å². The summed E-state index contributed by atoms with van der Waals surface area (Å²) in [7, 11) is 0. The number of hydrogen-bond acceptors (Lipinski definition) is 2. The molecule has 1 atom stereocenters. The normalized spacial score (nSPS) is 22.6. The Kier molecular flexibility index (Phi) is 5.40. The first-order chi connectivity index (χ1) is 6.36. The van der Waals surface area contributed by atoms with E-state index >= 15 is 0 Å². The maximum Gasteiger partial charge on any atom is 0.0584 e.